The highest BCUT2D eigenvalue weighted by atomic mass is 16.4. The molecule has 0 saturated heterocycles. The predicted octanol–water partition coefficient (Wildman–Crippen LogP) is 1.33. The molecule has 3 aromatic rings. The molecule has 132 valence electrons. The molecule has 0 saturated carbocycles. The number of aromatic carboxylic acids is 1. The monoisotopic (exact) mass is 355 g/mol. The quantitative estimate of drug-likeness (QED) is 0.590. The second kappa shape index (κ2) is 6.93. The summed E-state index contributed by atoms with van der Waals surface area (Å²) < 4.78 is 6.06. The Kier molecular flexibility index (Phi) is 4.52. The van der Waals surface area contributed by atoms with Crippen molar-refractivity contribution in [2.75, 3.05) is 0 Å². The lowest BCUT2D eigenvalue weighted by Crippen LogP contribution is -2.32. The summed E-state index contributed by atoms with van der Waals surface area (Å²) in [6.07, 6.45) is 2.48. The number of aromatic amines is 1. The fourth-order valence-corrected chi connectivity index (χ4v) is 2.25. The van der Waals surface area contributed by atoms with Gasteiger partial charge < -0.3 is 14.6 Å². The van der Waals surface area contributed by atoms with Crippen LogP contribution >= 0.6 is 0 Å². The molecule has 3 rings (SSSR count). The van der Waals surface area contributed by atoms with Crippen LogP contribution in [0.1, 0.15) is 21.7 Å². The van der Waals surface area contributed by atoms with E-state index in [-0.39, 0.29) is 23.4 Å². The Labute approximate surface area is 145 Å². The van der Waals surface area contributed by atoms with Crippen molar-refractivity contribution < 1.29 is 19.4 Å². The van der Waals surface area contributed by atoms with Gasteiger partial charge in [0, 0.05) is 6.21 Å². The molecule has 0 fully saturated rings. The third-order valence-electron chi connectivity index (χ3n) is 3.54. The van der Waals surface area contributed by atoms with Crippen LogP contribution in [0.25, 0.3) is 0 Å². The number of aromatic nitrogens is 2. The number of carboxylic acid groups (broad SMARTS) is 1. The van der Waals surface area contributed by atoms with Gasteiger partial charge in [0.25, 0.3) is 5.56 Å². The van der Waals surface area contributed by atoms with Crippen molar-refractivity contribution in [2.24, 2.45) is 4.99 Å². The van der Waals surface area contributed by atoms with Crippen molar-refractivity contribution in [3.8, 4) is 5.88 Å². The Morgan fingerprint density at radius 1 is 1.27 bits per heavy atom. The zero-order valence-corrected chi connectivity index (χ0v) is 13.2. The Morgan fingerprint density at radius 2 is 2.08 bits per heavy atom. The maximum atomic E-state index is 12.0. The molecule has 0 atom stereocenters. The molecule has 0 bridgehead atoms. The maximum Gasteiger partial charge on any atom is 0.335 e. The molecule has 2 aromatic heterocycles. The van der Waals surface area contributed by atoms with E-state index in [1.807, 2.05) is 0 Å². The molecule has 9 heteroatoms. The van der Waals surface area contributed by atoms with Gasteiger partial charge >= 0.3 is 11.7 Å². The molecule has 3 N–H and O–H groups in total. The number of benzene rings is 1. The van der Waals surface area contributed by atoms with Crippen LogP contribution in [-0.4, -0.2) is 31.9 Å². The molecule has 0 aliphatic heterocycles. The van der Waals surface area contributed by atoms with Crippen molar-refractivity contribution in [1.29, 1.82) is 0 Å². The molecule has 2 heterocycles. The van der Waals surface area contributed by atoms with E-state index in [4.69, 9.17) is 9.52 Å². The number of aliphatic imine (C=N–C) groups is 1. The number of carbonyl (C=O) groups is 1. The summed E-state index contributed by atoms with van der Waals surface area (Å²) in [5.41, 5.74) is -1.56. The lowest BCUT2D eigenvalue weighted by Gasteiger charge is -2.07. The van der Waals surface area contributed by atoms with Crippen LogP contribution in [0.15, 0.2) is 61.7 Å². The van der Waals surface area contributed by atoms with Gasteiger partial charge in [-0.15, -0.1) is 0 Å². The topological polar surface area (TPSA) is 138 Å². The number of nitrogens with one attached hydrogen (secondary N) is 1. The minimum atomic E-state index is -1.12. The van der Waals surface area contributed by atoms with Gasteiger partial charge in [0.2, 0.25) is 5.88 Å². The van der Waals surface area contributed by atoms with Gasteiger partial charge in [0.15, 0.2) is 0 Å². The Balaban J connectivity index is 2.00. The molecule has 0 unspecified atom stereocenters. The van der Waals surface area contributed by atoms with E-state index in [0.29, 0.717) is 5.76 Å². The number of rotatable bonds is 5. The van der Waals surface area contributed by atoms with Gasteiger partial charge in [-0.1, -0.05) is 6.07 Å². The molecule has 0 aliphatic rings. The van der Waals surface area contributed by atoms with Crippen molar-refractivity contribution >= 4 is 17.9 Å². The summed E-state index contributed by atoms with van der Waals surface area (Å²) >= 11 is 0. The summed E-state index contributed by atoms with van der Waals surface area (Å²) in [5, 5.41) is 19.3. The first-order valence-corrected chi connectivity index (χ1v) is 7.41. The van der Waals surface area contributed by atoms with Crippen molar-refractivity contribution in [2.45, 2.75) is 6.54 Å². The molecular weight excluding hydrogens is 342 g/mol. The van der Waals surface area contributed by atoms with Gasteiger partial charge in [0.05, 0.1) is 24.1 Å². The molecule has 9 nitrogen and oxygen atoms in total. The maximum absolute atomic E-state index is 12.0. The van der Waals surface area contributed by atoms with Crippen LogP contribution in [0.2, 0.25) is 0 Å². The largest absolute Gasteiger partial charge is 0.494 e. The molecule has 0 radical (unpaired) electrons. The average Bonchev–Trinajstić information content (AvgIpc) is 3.12. The highest BCUT2D eigenvalue weighted by molar-refractivity contribution is 5.89. The van der Waals surface area contributed by atoms with E-state index in [1.165, 1.54) is 30.5 Å². The molecule has 0 spiro atoms. The minimum absolute atomic E-state index is 0.0283. The number of hydrogen-bond acceptors (Lipinski definition) is 6. The van der Waals surface area contributed by atoms with Crippen LogP contribution in [0.3, 0.4) is 0 Å². The summed E-state index contributed by atoms with van der Waals surface area (Å²) in [5.74, 6) is -1.28. The van der Waals surface area contributed by atoms with E-state index >= 15 is 0 Å². The zero-order chi connectivity index (χ0) is 18.7. The van der Waals surface area contributed by atoms with E-state index < -0.39 is 23.1 Å². The minimum Gasteiger partial charge on any atom is -0.494 e. The van der Waals surface area contributed by atoms with Crippen LogP contribution in [-0.2, 0) is 6.54 Å². The van der Waals surface area contributed by atoms with E-state index in [1.54, 1.807) is 12.1 Å². The summed E-state index contributed by atoms with van der Waals surface area (Å²) in [7, 11) is 0. The van der Waals surface area contributed by atoms with Crippen molar-refractivity contribution in [3.05, 3.63) is 80.4 Å². The summed E-state index contributed by atoms with van der Waals surface area (Å²) in [6, 6.07) is 8.98. The summed E-state index contributed by atoms with van der Waals surface area (Å²) in [6.45, 7) is -0.0796. The van der Waals surface area contributed by atoms with Crippen LogP contribution < -0.4 is 11.2 Å². The number of H-pyrrole nitrogens is 1. The van der Waals surface area contributed by atoms with Gasteiger partial charge in [-0.25, -0.2) is 9.59 Å². The molecule has 26 heavy (non-hydrogen) atoms. The fourth-order valence-electron chi connectivity index (χ4n) is 2.25. The Bertz CT molecular complexity index is 1090. The standard InChI is InChI=1S/C17H13N3O6/c21-14-13(8-18-11-4-1-3-10(7-11)16(23)24)15(22)20(17(25)19-14)9-12-5-2-6-26-12/h1-8,22H,9H2,(H,23,24)(H,19,21,25). The number of carboxylic acids is 1. The average molecular weight is 355 g/mol. The first-order chi connectivity index (χ1) is 12.5. The van der Waals surface area contributed by atoms with Crippen molar-refractivity contribution in [1.82, 2.24) is 9.55 Å². The predicted molar refractivity (Wildman–Crippen MR) is 91.5 cm³/mol. The van der Waals surface area contributed by atoms with E-state index in [2.05, 4.69) is 9.98 Å². The van der Waals surface area contributed by atoms with Gasteiger partial charge in [-0.3, -0.25) is 19.3 Å². The number of furan rings is 1. The fraction of sp³-hybridized carbons (Fsp3) is 0.0588. The van der Waals surface area contributed by atoms with Crippen LogP contribution in [0.5, 0.6) is 5.88 Å². The summed E-state index contributed by atoms with van der Waals surface area (Å²) in [4.78, 5) is 41.0. The van der Waals surface area contributed by atoms with Crippen LogP contribution in [0, 0.1) is 0 Å². The molecule has 1 aromatic carbocycles. The first-order valence-electron chi connectivity index (χ1n) is 7.41. The highest BCUT2D eigenvalue weighted by Crippen LogP contribution is 2.16. The molecular formula is C17H13N3O6. The van der Waals surface area contributed by atoms with Gasteiger partial charge in [0.1, 0.15) is 11.3 Å². The van der Waals surface area contributed by atoms with Crippen LogP contribution in [0.4, 0.5) is 5.69 Å². The SMILES string of the molecule is O=C(O)c1cccc(N=Cc2c(O)n(Cc3ccco3)c(=O)[nH]c2=O)c1. The number of hydrogen-bond donors (Lipinski definition) is 3. The lowest BCUT2D eigenvalue weighted by atomic mass is 10.2. The smallest absolute Gasteiger partial charge is 0.335 e. The lowest BCUT2D eigenvalue weighted by molar-refractivity contribution is 0.0697. The molecule has 0 aliphatic carbocycles. The van der Waals surface area contributed by atoms with E-state index in [0.717, 1.165) is 10.8 Å². The van der Waals surface area contributed by atoms with Gasteiger partial charge in [-0.05, 0) is 30.3 Å². The Hall–Kier alpha value is -3.88. The second-order valence-corrected chi connectivity index (χ2v) is 5.28. The van der Waals surface area contributed by atoms with E-state index in [9.17, 15) is 19.5 Å². The zero-order valence-electron chi connectivity index (χ0n) is 13.2. The Morgan fingerprint density at radius 3 is 2.77 bits per heavy atom. The molecule has 0 amide bonds. The van der Waals surface area contributed by atoms with Gasteiger partial charge in [-0.2, -0.15) is 0 Å². The number of aromatic hydroxyl groups is 1. The third-order valence-corrected chi connectivity index (χ3v) is 3.54. The number of nitrogens with zero attached hydrogens (tertiary/aromatic N) is 2. The van der Waals surface area contributed by atoms with Crippen molar-refractivity contribution in [3.63, 3.8) is 0 Å². The second-order valence-electron chi connectivity index (χ2n) is 5.28. The highest BCUT2D eigenvalue weighted by Gasteiger charge is 2.14. The normalized spacial score (nSPS) is 11.1. The first kappa shape index (κ1) is 17.0. The third kappa shape index (κ3) is 3.46.